The summed E-state index contributed by atoms with van der Waals surface area (Å²) in [6.45, 7) is 5.67. The Morgan fingerprint density at radius 1 is 1.04 bits per heavy atom. The number of hydrogen-bond donors (Lipinski definition) is 2. The van der Waals surface area contributed by atoms with Crippen molar-refractivity contribution < 1.29 is 13.2 Å². The summed E-state index contributed by atoms with van der Waals surface area (Å²) >= 11 is 0. The molecule has 130 valence electrons. The van der Waals surface area contributed by atoms with Gasteiger partial charge in [-0.3, -0.25) is 0 Å². The van der Waals surface area contributed by atoms with Crippen molar-refractivity contribution in [2.75, 3.05) is 13.7 Å². The molecular formula is C18H24N2O3S. The van der Waals surface area contributed by atoms with E-state index in [1.165, 1.54) is 5.56 Å². The minimum atomic E-state index is -3.62. The molecule has 0 radical (unpaired) electrons. The topological polar surface area (TPSA) is 81.4 Å². The summed E-state index contributed by atoms with van der Waals surface area (Å²) in [5, 5.41) is 8.49. The molecule has 0 saturated heterocycles. The van der Waals surface area contributed by atoms with Crippen LogP contribution in [0.1, 0.15) is 22.3 Å². The normalized spacial score (nSPS) is 11.5. The molecule has 0 bridgehead atoms. The van der Waals surface area contributed by atoms with Crippen molar-refractivity contribution in [2.45, 2.75) is 31.7 Å². The Bertz CT molecular complexity index is 777. The van der Waals surface area contributed by atoms with Crippen LogP contribution in [0.25, 0.3) is 0 Å². The van der Waals surface area contributed by atoms with E-state index in [1.807, 2.05) is 13.8 Å². The van der Waals surface area contributed by atoms with E-state index in [-0.39, 0.29) is 4.90 Å². The lowest BCUT2D eigenvalue weighted by Crippen LogP contribution is -2.17. The van der Waals surface area contributed by atoms with Gasteiger partial charge < -0.3 is 10.1 Å². The molecule has 0 heterocycles. The summed E-state index contributed by atoms with van der Waals surface area (Å²) < 4.78 is 27.8. The van der Waals surface area contributed by atoms with Crippen molar-refractivity contribution in [3.8, 4) is 5.75 Å². The van der Waals surface area contributed by atoms with Crippen molar-refractivity contribution in [3.05, 3.63) is 58.7 Å². The van der Waals surface area contributed by atoms with Crippen molar-refractivity contribution in [2.24, 2.45) is 5.14 Å². The molecule has 2 aromatic carbocycles. The summed E-state index contributed by atoms with van der Waals surface area (Å²) in [6.07, 6.45) is 0.818. The van der Waals surface area contributed by atoms with Crippen molar-refractivity contribution in [1.29, 1.82) is 0 Å². The Balaban J connectivity index is 1.87. The van der Waals surface area contributed by atoms with Gasteiger partial charge in [0.15, 0.2) is 0 Å². The first-order valence-electron chi connectivity index (χ1n) is 7.78. The van der Waals surface area contributed by atoms with E-state index in [0.29, 0.717) is 0 Å². The largest absolute Gasteiger partial charge is 0.496 e. The van der Waals surface area contributed by atoms with Gasteiger partial charge in [-0.05, 0) is 61.2 Å². The average Bonchev–Trinajstić information content (AvgIpc) is 2.51. The molecule has 5 nitrogen and oxygen atoms in total. The van der Waals surface area contributed by atoms with Crippen LogP contribution in [-0.4, -0.2) is 22.1 Å². The number of nitrogens with two attached hydrogens (primary N) is 1. The summed E-state index contributed by atoms with van der Waals surface area (Å²) in [5.74, 6) is 0.939. The molecule has 24 heavy (non-hydrogen) atoms. The zero-order chi connectivity index (χ0) is 17.7. The third-order valence-corrected chi connectivity index (χ3v) is 4.82. The first-order chi connectivity index (χ1) is 11.3. The molecule has 3 N–H and O–H groups in total. The quantitative estimate of drug-likeness (QED) is 0.752. The van der Waals surface area contributed by atoms with Gasteiger partial charge in [-0.2, -0.15) is 0 Å². The van der Waals surface area contributed by atoms with Gasteiger partial charge in [0, 0.05) is 6.54 Å². The van der Waals surface area contributed by atoms with Crippen LogP contribution in [0.2, 0.25) is 0 Å². The monoisotopic (exact) mass is 348 g/mol. The van der Waals surface area contributed by atoms with Crippen LogP contribution in [0.3, 0.4) is 0 Å². The van der Waals surface area contributed by atoms with Crippen LogP contribution in [0, 0.1) is 13.8 Å². The van der Waals surface area contributed by atoms with Crippen LogP contribution >= 0.6 is 0 Å². The van der Waals surface area contributed by atoms with Crippen LogP contribution in [0.5, 0.6) is 5.75 Å². The standard InChI is InChI=1S/C18H24N2O3S/c1-13-10-16(11-14(2)18(13)23-3)12-20-9-8-15-4-6-17(7-5-15)24(19,21)22/h4-7,10-11,20H,8-9,12H2,1-3H3,(H2,19,21,22). The fourth-order valence-electron chi connectivity index (χ4n) is 2.78. The molecule has 2 aromatic rings. The van der Waals surface area contributed by atoms with Crippen LogP contribution in [0.15, 0.2) is 41.3 Å². The summed E-state index contributed by atoms with van der Waals surface area (Å²) in [4.78, 5) is 0.142. The van der Waals surface area contributed by atoms with Crippen LogP contribution in [-0.2, 0) is 23.0 Å². The number of aryl methyl sites for hydroxylation is 2. The number of primary sulfonamides is 1. The van der Waals surface area contributed by atoms with Gasteiger partial charge in [-0.25, -0.2) is 13.6 Å². The van der Waals surface area contributed by atoms with Crippen LogP contribution in [0.4, 0.5) is 0 Å². The van der Waals surface area contributed by atoms with E-state index in [4.69, 9.17) is 9.88 Å². The highest BCUT2D eigenvalue weighted by molar-refractivity contribution is 7.89. The van der Waals surface area contributed by atoms with E-state index in [2.05, 4.69) is 17.4 Å². The van der Waals surface area contributed by atoms with Gasteiger partial charge in [0.05, 0.1) is 12.0 Å². The Labute approximate surface area is 143 Å². The first kappa shape index (κ1) is 18.4. The van der Waals surface area contributed by atoms with Gasteiger partial charge in [-0.1, -0.05) is 24.3 Å². The lowest BCUT2D eigenvalue weighted by Gasteiger charge is -2.12. The van der Waals surface area contributed by atoms with Crippen molar-refractivity contribution in [3.63, 3.8) is 0 Å². The second-order valence-electron chi connectivity index (χ2n) is 5.88. The van der Waals surface area contributed by atoms with E-state index < -0.39 is 10.0 Å². The number of sulfonamides is 1. The molecular weight excluding hydrogens is 324 g/mol. The number of methoxy groups -OCH3 is 1. The maximum absolute atomic E-state index is 11.2. The maximum Gasteiger partial charge on any atom is 0.238 e. The molecule has 0 aliphatic carbocycles. The number of nitrogens with one attached hydrogen (secondary N) is 1. The molecule has 2 rings (SSSR count). The Morgan fingerprint density at radius 2 is 1.62 bits per heavy atom. The van der Waals surface area contributed by atoms with E-state index in [9.17, 15) is 8.42 Å². The van der Waals surface area contributed by atoms with Gasteiger partial charge in [0.1, 0.15) is 5.75 Å². The Hall–Kier alpha value is -1.89. The van der Waals surface area contributed by atoms with E-state index in [1.54, 1.807) is 31.4 Å². The predicted molar refractivity (Wildman–Crippen MR) is 95.7 cm³/mol. The smallest absolute Gasteiger partial charge is 0.238 e. The maximum atomic E-state index is 11.2. The van der Waals surface area contributed by atoms with E-state index in [0.717, 1.165) is 42.0 Å². The van der Waals surface area contributed by atoms with Crippen molar-refractivity contribution >= 4 is 10.0 Å². The van der Waals surface area contributed by atoms with Gasteiger partial charge >= 0.3 is 0 Å². The number of rotatable bonds is 7. The molecule has 0 atom stereocenters. The minimum absolute atomic E-state index is 0.142. The van der Waals surface area contributed by atoms with Crippen LogP contribution < -0.4 is 15.2 Å². The molecule has 0 amide bonds. The average molecular weight is 348 g/mol. The second-order valence-corrected chi connectivity index (χ2v) is 7.44. The summed E-state index contributed by atoms with van der Waals surface area (Å²) in [7, 11) is -1.93. The van der Waals surface area contributed by atoms with Crippen molar-refractivity contribution in [1.82, 2.24) is 5.32 Å². The third kappa shape index (κ3) is 4.80. The minimum Gasteiger partial charge on any atom is -0.496 e. The Morgan fingerprint density at radius 3 is 2.12 bits per heavy atom. The highest BCUT2D eigenvalue weighted by Gasteiger charge is 2.07. The molecule has 0 fully saturated rings. The summed E-state index contributed by atoms with van der Waals surface area (Å²) in [5.41, 5.74) is 4.55. The molecule has 0 aliphatic rings. The molecule has 0 unspecified atom stereocenters. The predicted octanol–water partition coefficient (Wildman–Crippen LogP) is 2.29. The third-order valence-electron chi connectivity index (χ3n) is 3.90. The Kier molecular flexibility index (Phi) is 5.99. The van der Waals surface area contributed by atoms with Gasteiger partial charge in [0.25, 0.3) is 0 Å². The SMILES string of the molecule is COc1c(C)cc(CNCCc2ccc(S(N)(=O)=O)cc2)cc1C. The van der Waals surface area contributed by atoms with Gasteiger partial charge in [-0.15, -0.1) is 0 Å². The zero-order valence-electron chi connectivity index (χ0n) is 14.3. The number of benzene rings is 2. The molecule has 0 saturated carbocycles. The molecule has 0 spiro atoms. The molecule has 6 heteroatoms. The number of ether oxygens (including phenoxy) is 1. The number of hydrogen-bond acceptors (Lipinski definition) is 4. The highest BCUT2D eigenvalue weighted by atomic mass is 32.2. The summed E-state index contributed by atoms with van der Waals surface area (Å²) in [6, 6.07) is 10.9. The highest BCUT2D eigenvalue weighted by Crippen LogP contribution is 2.24. The van der Waals surface area contributed by atoms with Gasteiger partial charge in [0.2, 0.25) is 10.0 Å². The second kappa shape index (κ2) is 7.79. The fourth-order valence-corrected chi connectivity index (χ4v) is 3.29. The molecule has 0 aromatic heterocycles. The molecule has 0 aliphatic heterocycles. The van der Waals surface area contributed by atoms with E-state index >= 15 is 0 Å². The lowest BCUT2D eigenvalue weighted by atomic mass is 10.1. The first-order valence-corrected chi connectivity index (χ1v) is 9.32. The fraction of sp³-hybridized carbons (Fsp3) is 0.333. The zero-order valence-corrected chi connectivity index (χ0v) is 15.1. The lowest BCUT2D eigenvalue weighted by molar-refractivity contribution is 0.408.